The van der Waals surface area contributed by atoms with Crippen LogP contribution in [0, 0.1) is 5.82 Å². The normalized spacial score (nSPS) is 16.4. The molecular formula is C16H18FN3. The molecule has 0 unspecified atom stereocenters. The van der Waals surface area contributed by atoms with Gasteiger partial charge in [-0.3, -0.25) is 0 Å². The molecule has 3 rings (SSSR count). The maximum absolute atomic E-state index is 13.2. The molecule has 0 amide bonds. The average molecular weight is 271 g/mol. The van der Waals surface area contributed by atoms with Crippen LogP contribution < -0.4 is 4.90 Å². The van der Waals surface area contributed by atoms with E-state index in [1.807, 2.05) is 24.4 Å². The van der Waals surface area contributed by atoms with Crippen LogP contribution in [0.2, 0.25) is 0 Å². The van der Waals surface area contributed by atoms with Crippen molar-refractivity contribution >= 4 is 5.82 Å². The van der Waals surface area contributed by atoms with Gasteiger partial charge in [0.1, 0.15) is 11.6 Å². The fourth-order valence-electron chi connectivity index (χ4n) is 2.45. The summed E-state index contributed by atoms with van der Waals surface area (Å²) in [7, 11) is 2.14. The summed E-state index contributed by atoms with van der Waals surface area (Å²) in [6, 6.07) is 10.6. The molecular weight excluding hydrogens is 253 g/mol. The van der Waals surface area contributed by atoms with Gasteiger partial charge in [0.05, 0.1) is 0 Å². The Morgan fingerprint density at radius 3 is 2.45 bits per heavy atom. The second kappa shape index (κ2) is 5.59. The summed E-state index contributed by atoms with van der Waals surface area (Å²) in [6.07, 6.45) is 1.82. The number of hydrogen-bond donors (Lipinski definition) is 0. The van der Waals surface area contributed by atoms with Crippen molar-refractivity contribution in [3.63, 3.8) is 0 Å². The lowest BCUT2D eigenvalue weighted by Crippen LogP contribution is -2.44. The van der Waals surface area contributed by atoms with Gasteiger partial charge in [-0.2, -0.15) is 0 Å². The fourth-order valence-corrected chi connectivity index (χ4v) is 2.45. The number of aromatic nitrogens is 1. The highest BCUT2D eigenvalue weighted by Crippen LogP contribution is 2.22. The standard InChI is InChI=1S/C16H18FN3/c1-19-7-9-20(10-8-19)16-6-5-14(12-18-16)13-3-2-4-15(17)11-13/h2-6,11-12H,7-10H2,1H3. The molecule has 0 spiro atoms. The lowest BCUT2D eigenvalue weighted by atomic mass is 10.1. The molecule has 4 heteroatoms. The molecule has 104 valence electrons. The van der Waals surface area contributed by atoms with Gasteiger partial charge < -0.3 is 9.80 Å². The lowest BCUT2D eigenvalue weighted by molar-refractivity contribution is 0.312. The van der Waals surface area contributed by atoms with E-state index in [1.54, 1.807) is 6.07 Å². The third-order valence-corrected chi connectivity index (χ3v) is 3.73. The minimum Gasteiger partial charge on any atom is -0.354 e. The molecule has 0 atom stereocenters. The van der Waals surface area contributed by atoms with E-state index in [-0.39, 0.29) is 5.82 Å². The number of likely N-dealkylation sites (N-methyl/N-ethyl adjacent to an activating group) is 1. The quantitative estimate of drug-likeness (QED) is 0.837. The minimum atomic E-state index is -0.217. The van der Waals surface area contributed by atoms with Gasteiger partial charge in [0.25, 0.3) is 0 Å². The first kappa shape index (κ1) is 13.1. The van der Waals surface area contributed by atoms with Crippen LogP contribution in [-0.2, 0) is 0 Å². The van der Waals surface area contributed by atoms with Crippen LogP contribution in [0.4, 0.5) is 10.2 Å². The van der Waals surface area contributed by atoms with Crippen LogP contribution in [0.25, 0.3) is 11.1 Å². The minimum absolute atomic E-state index is 0.217. The van der Waals surface area contributed by atoms with Gasteiger partial charge in [0, 0.05) is 37.9 Å². The molecule has 1 aromatic carbocycles. The Bertz CT molecular complexity index is 575. The predicted molar refractivity (Wildman–Crippen MR) is 79.3 cm³/mol. The summed E-state index contributed by atoms with van der Waals surface area (Å²) < 4.78 is 13.2. The van der Waals surface area contributed by atoms with E-state index < -0.39 is 0 Å². The monoisotopic (exact) mass is 271 g/mol. The summed E-state index contributed by atoms with van der Waals surface area (Å²) in [4.78, 5) is 9.12. The van der Waals surface area contributed by atoms with Crippen molar-refractivity contribution in [1.29, 1.82) is 0 Å². The molecule has 0 N–H and O–H groups in total. The highest BCUT2D eigenvalue weighted by Gasteiger charge is 2.15. The molecule has 1 aliphatic rings. The number of anilines is 1. The Kier molecular flexibility index (Phi) is 3.65. The van der Waals surface area contributed by atoms with Gasteiger partial charge in [-0.25, -0.2) is 9.37 Å². The number of benzene rings is 1. The molecule has 0 aliphatic carbocycles. The van der Waals surface area contributed by atoms with Gasteiger partial charge in [-0.1, -0.05) is 12.1 Å². The summed E-state index contributed by atoms with van der Waals surface area (Å²) in [5, 5.41) is 0. The van der Waals surface area contributed by atoms with Crippen molar-refractivity contribution < 1.29 is 4.39 Å². The Balaban J connectivity index is 1.78. The zero-order valence-corrected chi connectivity index (χ0v) is 11.6. The van der Waals surface area contributed by atoms with Gasteiger partial charge >= 0.3 is 0 Å². The second-order valence-corrected chi connectivity index (χ2v) is 5.21. The first-order chi connectivity index (χ1) is 9.72. The Morgan fingerprint density at radius 2 is 1.80 bits per heavy atom. The number of rotatable bonds is 2. The molecule has 0 radical (unpaired) electrons. The fraction of sp³-hybridized carbons (Fsp3) is 0.312. The highest BCUT2D eigenvalue weighted by molar-refractivity contribution is 5.63. The number of piperazine rings is 1. The van der Waals surface area contributed by atoms with Crippen molar-refractivity contribution in [2.45, 2.75) is 0 Å². The van der Waals surface area contributed by atoms with Crippen molar-refractivity contribution in [3.05, 3.63) is 48.4 Å². The van der Waals surface area contributed by atoms with E-state index in [1.165, 1.54) is 12.1 Å². The Hall–Kier alpha value is -1.94. The lowest BCUT2D eigenvalue weighted by Gasteiger charge is -2.33. The zero-order chi connectivity index (χ0) is 13.9. The first-order valence-electron chi connectivity index (χ1n) is 6.88. The van der Waals surface area contributed by atoms with E-state index >= 15 is 0 Å². The molecule has 3 nitrogen and oxygen atoms in total. The SMILES string of the molecule is CN1CCN(c2ccc(-c3cccc(F)c3)cn2)CC1. The predicted octanol–water partition coefficient (Wildman–Crippen LogP) is 2.64. The van der Waals surface area contributed by atoms with Gasteiger partial charge in [-0.05, 0) is 36.9 Å². The van der Waals surface area contributed by atoms with Crippen molar-refractivity contribution in [2.24, 2.45) is 0 Å². The van der Waals surface area contributed by atoms with E-state index in [4.69, 9.17) is 0 Å². The van der Waals surface area contributed by atoms with E-state index in [9.17, 15) is 4.39 Å². The summed E-state index contributed by atoms with van der Waals surface area (Å²) in [6.45, 7) is 4.13. The van der Waals surface area contributed by atoms with E-state index in [0.29, 0.717) is 0 Å². The van der Waals surface area contributed by atoms with Crippen molar-refractivity contribution in [3.8, 4) is 11.1 Å². The third-order valence-electron chi connectivity index (χ3n) is 3.73. The van der Waals surface area contributed by atoms with Gasteiger partial charge in [0.2, 0.25) is 0 Å². The number of halogens is 1. The van der Waals surface area contributed by atoms with Crippen molar-refractivity contribution in [1.82, 2.24) is 9.88 Å². The molecule has 2 aromatic rings. The summed E-state index contributed by atoms with van der Waals surface area (Å²) in [5.74, 6) is 0.781. The molecule has 1 aromatic heterocycles. The maximum atomic E-state index is 13.2. The largest absolute Gasteiger partial charge is 0.354 e. The molecule has 1 aliphatic heterocycles. The maximum Gasteiger partial charge on any atom is 0.128 e. The molecule has 1 saturated heterocycles. The molecule has 20 heavy (non-hydrogen) atoms. The molecule has 0 saturated carbocycles. The summed E-state index contributed by atoms with van der Waals surface area (Å²) in [5.41, 5.74) is 1.81. The van der Waals surface area contributed by atoms with Crippen LogP contribution in [0.15, 0.2) is 42.6 Å². The average Bonchev–Trinajstić information content (AvgIpc) is 2.48. The highest BCUT2D eigenvalue weighted by atomic mass is 19.1. The topological polar surface area (TPSA) is 19.4 Å². The zero-order valence-electron chi connectivity index (χ0n) is 11.6. The van der Waals surface area contributed by atoms with Crippen LogP contribution in [0.3, 0.4) is 0 Å². The molecule has 0 bridgehead atoms. The first-order valence-corrected chi connectivity index (χ1v) is 6.88. The van der Waals surface area contributed by atoms with Crippen LogP contribution in [0.5, 0.6) is 0 Å². The Labute approximate surface area is 118 Å². The van der Waals surface area contributed by atoms with E-state index in [2.05, 4.69) is 21.8 Å². The van der Waals surface area contributed by atoms with Gasteiger partial charge in [0.15, 0.2) is 0 Å². The summed E-state index contributed by atoms with van der Waals surface area (Å²) >= 11 is 0. The number of pyridine rings is 1. The van der Waals surface area contributed by atoms with Crippen molar-refractivity contribution in [2.75, 3.05) is 38.1 Å². The van der Waals surface area contributed by atoms with E-state index in [0.717, 1.165) is 43.1 Å². The third kappa shape index (κ3) is 2.80. The number of nitrogens with zero attached hydrogens (tertiary/aromatic N) is 3. The van der Waals surface area contributed by atoms with Crippen LogP contribution in [-0.4, -0.2) is 43.1 Å². The number of hydrogen-bond acceptors (Lipinski definition) is 3. The van der Waals surface area contributed by atoms with Crippen LogP contribution in [0.1, 0.15) is 0 Å². The molecule has 1 fully saturated rings. The molecule has 2 heterocycles. The smallest absolute Gasteiger partial charge is 0.128 e. The van der Waals surface area contributed by atoms with Gasteiger partial charge in [-0.15, -0.1) is 0 Å². The van der Waals surface area contributed by atoms with Crippen LogP contribution >= 0.6 is 0 Å². The second-order valence-electron chi connectivity index (χ2n) is 5.21. The Morgan fingerprint density at radius 1 is 1.00 bits per heavy atom.